The van der Waals surface area contributed by atoms with E-state index in [0.29, 0.717) is 17.1 Å². The first-order chi connectivity index (χ1) is 12.2. The summed E-state index contributed by atoms with van der Waals surface area (Å²) in [6.45, 7) is 0. The molecule has 0 aliphatic heterocycles. The lowest BCUT2D eigenvalue weighted by molar-refractivity contribution is 0.792. The van der Waals surface area contributed by atoms with Crippen molar-refractivity contribution in [3.8, 4) is 5.69 Å². The molecule has 4 nitrogen and oxygen atoms in total. The highest BCUT2D eigenvalue weighted by Gasteiger charge is 2.06. The summed E-state index contributed by atoms with van der Waals surface area (Å²) in [6.07, 6.45) is 3.91. The zero-order chi connectivity index (χ0) is 17.2. The Morgan fingerprint density at radius 3 is 2.68 bits per heavy atom. The van der Waals surface area contributed by atoms with Gasteiger partial charge in [0.05, 0.1) is 11.2 Å². The van der Waals surface area contributed by atoms with E-state index >= 15 is 0 Å². The van der Waals surface area contributed by atoms with Crippen molar-refractivity contribution in [2.75, 3.05) is 0 Å². The topological polar surface area (TPSA) is 47.8 Å². The molecule has 2 heterocycles. The van der Waals surface area contributed by atoms with Gasteiger partial charge in [0, 0.05) is 35.3 Å². The summed E-state index contributed by atoms with van der Waals surface area (Å²) in [4.78, 5) is 16.5. The molecule has 0 saturated carbocycles. The summed E-state index contributed by atoms with van der Waals surface area (Å²) >= 11 is 5.93. The second-order valence-electron chi connectivity index (χ2n) is 5.75. The van der Waals surface area contributed by atoms with Crippen LogP contribution in [0.4, 0.5) is 0 Å². The van der Waals surface area contributed by atoms with Crippen LogP contribution in [-0.4, -0.2) is 14.8 Å². The van der Waals surface area contributed by atoms with Gasteiger partial charge in [0.25, 0.3) is 0 Å². The Hall–Kier alpha value is -2.98. The van der Waals surface area contributed by atoms with E-state index in [-0.39, 0.29) is 5.43 Å². The lowest BCUT2D eigenvalue weighted by Crippen LogP contribution is -2.16. The highest BCUT2D eigenvalue weighted by atomic mass is 35.5. The average molecular weight is 348 g/mol. The molecule has 0 radical (unpaired) electrons. The van der Waals surface area contributed by atoms with Crippen LogP contribution in [0.25, 0.3) is 16.6 Å². The molecule has 0 atom stereocenters. The molecule has 25 heavy (non-hydrogen) atoms. The number of hydrogen-bond acceptors (Lipinski definition) is 3. The fourth-order valence-corrected chi connectivity index (χ4v) is 2.86. The van der Waals surface area contributed by atoms with Gasteiger partial charge in [0.2, 0.25) is 5.43 Å². The molecule has 122 valence electrons. The third-order valence-electron chi connectivity index (χ3n) is 4.01. The van der Waals surface area contributed by atoms with E-state index in [1.807, 2.05) is 42.5 Å². The van der Waals surface area contributed by atoms with E-state index in [1.54, 1.807) is 35.3 Å². The van der Waals surface area contributed by atoms with Gasteiger partial charge in [-0.05, 0) is 48.0 Å². The van der Waals surface area contributed by atoms with Crippen LogP contribution >= 0.6 is 11.6 Å². The van der Waals surface area contributed by atoms with Gasteiger partial charge in [0.15, 0.2) is 0 Å². The molecule has 0 saturated heterocycles. The van der Waals surface area contributed by atoms with E-state index < -0.39 is 0 Å². The second kappa shape index (κ2) is 6.49. The van der Waals surface area contributed by atoms with Crippen LogP contribution in [0.5, 0.6) is 0 Å². The third kappa shape index (κ3) is 3.30. The number of nitrogens with zero attached hydrogens (tertiary/aromatic N) is 3. The first kappa shape index (κ1) is 15.5. The van der Waals surface area contributed by atoms with Crippen molar-refractivity contribution in [3.05, 3.63) is 99.6 Å². The Labute approximate surface area is 149 Å². The van der Waals surface area contributed by atoms with E-state index in [0.717, 1.165) is 22.2 Å². The first-order valence-corrected chi connectivity index (χ1v) is 8.25. The molecule has 0 aliphatic rings. The highest BCUT2D eigenvalue weighted by Crippen LogP contribution is 2.16. The lowest BCUT2D eigenvalue weighted by atomic mass is 10.1. The zero-order valence-corrected chi connectivity index (χ0v) is 14.0. The minimum Gasteiger partial charge on any atom is -0.288 e. The van der Waals surface area contributed by atoms with Crippen LogP contribution < -0.4 is 5.43 Å². The van der Waals surface area contributed by atoms with Crippen LogP contribution in [0.2, 0.25) is 5.02 Å². The van der Waals surface area contributed by atoms with Crippen LogP contribution in [0.1, 0.15) is 11.3 Å². The van der Waals surface area contributed by atoms with Crippen molar-refractivity contribution in [2.24, 2.45) is 0 Å². The van der Waals surface area contributed by atoms with Gasteiger partial charge < -0.3 is 0 Å². The number of fused-ring (bicyclic) bond motifs is 1. The van der Waals surface area contributed by atoms with Gasteiger partial charge in [-0.3, -0.25) is 9.78 Å². The van der Waals surface area contributed by atoms with Gasteiger partial charge in [-0.1, -0.05) is 23.7 Å². The van der Waals surface area contributed by atoms with Gasteiger partial charge in [-0.25, -0.2) is 4.68 Å². The Morgan fingerprint density at radius 1 is 1.00 bits per heavy atom. The molecule has 0 bridgehead atoms. The number of halogens is 1. The summed E-state index contributed by atoms with van der Waals surface area (Å²) < 4.78 is 1.69. The molecule has 0 unspecified atom stereocenters. The molecule has 4 aromatic rings. The molecule has 0 N–H and O–H groups in total. The molecular weight excluding hydrogens is 334 g/mol. The summed E-state index contributed by atoms with van der Waals surface area (Å²) in [5.41, 5.74) is 3.25. The van der Waals surface area contributed by atoms with Crippen LogP contribution in [-0.2, 0) is 6.42 Å². The molecule has 5 heteroatoms. The maximum Gasteiger partial charge on any atom is 0.203 e. The van der Waals surface area contributed by atoms with Gasteiger partial charge in [-0.15, -0.1) is 0 Å². The number of hydrogen-bond donors (Lipinski definition) is 0. The SMILES string of the molecule is O=c1ccn(-c2ccc(Cl)cc2)nc1Cc1ccc2ncccc2c1. The maximum atomic E-state index is 12.2. The van der Waals surface area contributed by atoms with Crippen molar-refractivity contribution < 1.29 is 0 Å². The molecule has 0 spiro atoms. The van der Waals surface area contributed by atoms with E-state index in [2.05, 4.69) is 10.1 Å². The summed E-state index contributed by atoms with van der Waals surface area (Å²) in [6, 6.07) is 18.8. The standard InChI is InChI=1S/C20H14ClN3O/c21-16-4-6-17(7-5-16)24-11-9-20(25)19(23-24)13-14-3-8-18-15(12-14)2-1-10-22-18/h1-12H,13H2. The Kier molecular flexibility index (Phi) is 4.04. The molecule has 2 aromatic heterocycles. The fraction of sp³-hybridized carbons (Fsp3) is 0.0500. The van der Waals surface area contributed by atoms with Crippen molar-refractivity contribution in [1.29, 1.82) is 0 Å². The Balaban J connectivity index is 1.70. The Bertz CT molecular complexity index is 1100. The number of pyridine rings is 1. The third-order valence-corrected chi connectivity index (χ3v) is 4.26. The predicted molar refractivity (Wildman–Crippen MR) is 99.4 cm³/mol. The van der Waals surface area contributed by atoms with Crippen molar-refractivity contribution in [1.82, 2.24) is 14.8 Å². The molecule has 4 rings (SSSR count). The van der Waals surface area contributed by atoms with Crippen LogP contribution in [0.3, 0.4) is 0 Å². The first-order valence-electron chi connectivity index (χ1n) is 7.87. The van der Waals surface area contributed by atoms with Gasteiger partial charge >= 0.3 is 0 Å². The zero-order valence-electron chi connectivity index (χ0n) is 13.3. The quantitative estimate of drug-likeness (QED) is 0.562. The van der Waals surface area contributed by atoms with E-state index in [4.69, 9.17) is 11.6 Å². The van der Waals surface area contributed by atoms with E-state index in [1.165, 1.54) is 0 Å². The number of benzene rings is 2. The summed E-state index contributed by atoms with van der Waals surface area (Å²) in [5.74, 6) is 0. The fourth-order valence-electron chi connectivity index (χ4n) is 2.74. The molecule has 0 amide bonds. The van der Waals surface area contributed by atoms with Crippen molar-refractivity contribution in [2.45, 2.75) is 6.42 Å². The number of rotatable bonds is 3. The lowest BCUT2D eigenvalue weighted by Gasteiger charge is -2.08. The van der Waals surface area contributed by atoms with Gasteiger partial charge in [0.1, 0.15) is 5.69 Å². The monoisotopic (exact) mass is 347 g/mol. The maximum absolute atomic E-state index is 12.2. The highest BCUT2D eigenvalue weighted by molar-refractivity contribution is 6.30. The second-order valence-corrected chi connectivity index (χ2v) is 6.19. The van der Waals surface area contributed by atoms with Crippen molar-refractivity contribution in [3.63, 3.8) is 0 Å². The molecular formula is C20H14ClN3O. The van der Waals surface area contributed by atoms with Gasteiger partial charge in [-0.2, -0.15) is 5.10 Å². The van der Waals surface area contributed by atoms with Crippen LogP contribution in [0.15, 0.2) is 77.9 Å². The smallest absolute Gasteiger partial charge is 0.203 e. The number of aromatic nitrogens is 3. The van der Waals surface area contributed by atoms with Crippen LogP contribution in [0, 0.1) is 0 Å². The average Bonchev–Trinajstić information content (AvgIpc) is 2.64. The molecule has 0 aliphatic carbocycles. The molecule has 2 aromatic carbocycles. The van der Waals surface area contributed by atoms with Crippen molar-refractivity contribution >= 4 is 22.5 Å². The predicted octanol–water partition coefficient (Wildman–Crippen LogP) is 4.02. The van der Waals surface area contributed by atoms with E-state index in [9.17, 15) is 4.79 Å². The largest absolute Gasteiger partial charge is 0.288 e. The Morgan fingerprint density at radius 2 is 1.84 bits per heavy atom. The molecule has 0 fully saturated rings. The summed E-state index contributed by atoms with van der Waals surface area (Å²) in [5, 5.41) is 6.20. The summed E-state index contributed by atoms with van der Waals surface area (Å²) in [7, 11) is 0. The minimum atomic E-state index is -0.0727. The normalized spacial score (nSPS) is 10.9. The minimum absolute atomic E-state index is 0.0727.